The minimum Gasteiger partial charge on any atom is -0.472 e. The van der Waals surface area contributed by atoms with E-state index in [2.05, 4.69) is 0 Å². The van der Waals surface area contributed by atoms with Crippen molar-refractivity contribution >= 4 is 12.2 Å². The molecular formula is C12H16O4. The van der Waals surface area contributed by atoms with Crippen LogP contribution in [0.25, 0.3) is 6.08 Å². The number of hydrogen-bond donors (Lipinski definition) is 0. The molecule has 16 heavy (non-hydrogen) atoms. The molecule has 4 nitrogen and oxygen atoms in total. The standard InChI is InChI=1S/C12H16O4/c1-12(2,3)16-11(13)15-7-4-5-10-6-8-14-9-10/h4-6,8-9H,7H2,1-3H3/b5-4+. The third-order valence-corrected chi connectivity index (χ3v) is 1.54. The third-order valence-electron chi connectivity index (χ3n) is 1.54. The van der Waals surface area contributed by atoms with Crippen molar-refractivity contribution in [3.8, 4) is 0 Å². The van der Waals surface area contributed by atoms with Crippen LogP contribution in [0.3, 0.4) is 0 Å². The first kappa shape index (κ1) is 12.4. The van der Waals surface area contributed by atoms with Gasteiger partial charge in [0.25, 0.3) is 0 Å². The molecular weight excluding hydrogens is 208 g/mol. The molecule has 1 aromatic rings. The molecule has 0 N–H and O–H groups in total. The van der Waals surface area contributed by atoms with Crippen molar-refractivity contribution in [3.05, 3.63) is 30.2 Å². The lowest BCUT2D eigenvalue weighted by Gasteiger charge is -2.18. The van der Waals surface area contributed by atoms with E-state index < -0.39 is 11.8 Å². The summed E-state index contributed by atoms with van der Waals surface area (Å²) in [6, 6.07) is 1.81. The Hall–Kier alpha value is -1.71. The van der Waals surface area contributed by atoms with E-state index in [-0.39, 0.29) is 6.61 Å². The number of ether oxygens (including phenoxy) is 2. The van der Waals surface area contributed by atoms with E-state index in [1.165, 1.54) is 0 Å². The van der Waals surface area contributed by atoms with Gasteiger partial charge in [-0.05, 0) is 32.9 Å². The zero-order chi connectivity index (χ0) is 12.0. The quantitative estimate of drug-likeness (QED) is 0.739. The summed E-state index contributed by atoms with van der Waals surface area (Å²) in [4.78, 5) is 11.1. The van der Waals surface area contributed by atoms with Crippen LogP contribution in [-0.2, 0) is 9.47 Å². The van der Waals surface area contributed by atoms with Gasteiger partial charge in [0, 0.05) is 5.56 Å². The second-order valence-corrected chi connectivity index (χ2v) is 4.23. The maximum absolute atomic E-state index is 11.1. The fraction of sp³-hybridized carbons (Fsp3) is 0.417. The Morgan fingerprint density at radius 1 is 1.50 bits per heavy atom. The summed E-state index contributed by atoms with van der Waals surface area (Å²) in [7, 11) is 0. The van der Waals surface area contributed by atoms with E-state index in [1.807, 2.05) is 6.07 Å². The van der Waals surface area contributed by atoms with Gasteiger partial charge >= 0.3 is 6.16 Å². The Morgan fingerprint density at radius 3 is 2.81 bits per heavy atom. The SMILES string of the molecule is CC(C)(C)OC(=O)OC/C=C/c1ccoc1. The maximum Gasteiger partial charge on any atom is 0.509 e. The lowest BCUT2D eigenvalue weighted by molar-refractivity contribution is -0.00234. The van der Waals surface area contributed by atoms with E-state index in [9.17, 15) is 4.79 Å². The monoisotopic (exact) mass is 224 g/mol. The molecule has 1 heterocycles. The second-order valence-electron chi connectivity index (χ2n) is 4.23. The van der Waals surface area contributed by atoms with Crippen LogP contribution in [-0.4, -0.2) is 18.4 Å². The predicted octanol–water partition coefficient (Wildman–Crippen LogP) is 3.24. The Bertz CT molecular complexity index is 344. The van der Waals surface area contributed by atoms with Gasteiger partial charge in [0.15, 0.2) is 0 Å². The maximum atomic E-state index is 11.1. The highest BCUT2D eigenvalue weighted by Gasteiger charge is 2.16. The molecule has 0 aliphatic rings. The fourth-order valence-electron chi connectivity index (χ4n) is 0.950. The average molecular weight is 224 g/mol. The highest BCUT2D eigenvalue weighted by molar-refractivity contribution is 5.60. The van der Waals surface area contributed by atoms with Crippen LogP contribution in [0.5, 0.6) is 0 Å². The van der Waals surface area contributed by atoms with Gasteiger partial charge in [-0.15, -0.1) is 0 Å². The van der Waals surface area contributed by atoms with Gasteiger partial charge in [0.05, 0.1) is 12.5 Å². The van der Waals surface area contributed by atoms with Crippen LogP contribution >= 0.6 is 0 Å². The topological polar surface area (TPSA) is 48.7 Å². The molecule has 0 amide bonds. The van der Waals surface area contributed by atoms with E-state index in [0.717, 1.165) is 5.56 Å². The first-order valence-electron chi connectivity index (χ1n) is 5.02. The summed E-state index contributed by atoms with van der Waals surface area (Å²) >= 11 is 0. The van der Waals surface area contributed by atoms with Gasteiger partial charge in [-0.1, -0.05) is 6.08 Å². The Balaban J connectivity index is 2.23. The van der Waals surface area contributed by atoms with E-state index in [4.69, 9.17) is 13.9 Å². The summed E-state index contributed by atoms with van der Waals surface area (Å²) in [5, 5.41) is 0. The van der Waals surface area contributed by atoms with Crippen molar-refractivity contribution in [2.24, 2.45) is 0 Å². The van der Waals surface area contributed by atoms with Crippen molar-refractivity contribution in [3.63, 3.8) is 0 Å². The number of carbonyl (C=O) groups excluding carboxylic acids is 1. The molecule has 0 saturated carbocycles. The van der Waals surface area contributed by atoms with Crippen molar-refractivity contribution in [1.29, 1.82) is 0 Å². The molecule has 0 aliphatic carbocycles. The molecule has 88 valence electrons. The molecule has 0 bridgehead atoms. The number of hydrogen-bond acceptors (Lipinski definition) is 4. The Kier molecular flexibility index (Phi) is 4.17. The van der Waals surface area contributed by atoms with Gasteiger partial charge in [-0.2, -0.15) is 0 Å². The van der Waals surface area contributed by atoms with E-state index in [0.29, 0.717) is 0 Å². The highest BCUT2D eigenvalue weighted by atomic mass is 16.7. The molecule has 0 atom stereocenters. The predicted molar refractivity (Wildman–Crippen MR) is 59.9 cm³/mol. The zero-order valence-corrected chi connectivity index (χ0v) is 9.73. The minimum atomic E-state index is -0.663. The molecule has 0 fully saturated rings. The van der Waals surface area contributed by atoms with Gasteiger partial charge in [-0.25, -0.2) is 4.79 Å². The van der Waals surface area contributed by atoms with Crippen LogP contribution in [0.2, 0.25) is 0 Å². The Morgan fingerprint density at radius 2 is 2.25 bits per heavy atom. The van der Waals surface area contributed by atoms with Crippen molar-refractivity contribution in [2.75, 3.05) is 6.61 Å². The first-order valence-corrected chi connectivity index (χ1v) is 5.02. The van der Waals surface area contributed by atoms with Crippen LogP contribution in [0.1, 0.15) is 26.3 Å². The van der Waals surface area contributed by atoms with Crippen molar-refractivity contribution < 1.29 is 18.7 Å². The average Bonchev–Trinajstić information content (AvgIpc) is 2.62. The number of rotatable bonds is 3. The third kappa shape index (κ3) is 5.24. The number of furan rings is 1. The van der Waals surface area contributed by atoms with Crippen LogP contribution in [0.15, 0.2) is 29.1 Å². The molecule has 0 spiro atoms. The van der Waals surface area contributed by atoms with E-state index >= 15 is 0 Å². The van der Waals surface area contributed by atoms with Gasteiger partial charge in [0.2, 0.25) is 0 Å². The molecule has 1 aromatic heterocycles. The molecule has 4 heteroatoms. The lowest BCUT2D eigenvalue weighted by Crippen LogP contribution is -2.24. The molecule has 0 saturated heterocycles. The van der Waals surface area contributed by atoms with Gasteiger partial charge in [-0.3, -0.25) is 0 Å². The normalized spacial score (nSPS) is 11.7. The lowest BCUT2D eigenvalue weighted by atomic mass is 10.2. The van der Waals surface area contributed by atoms with Crippen LogP contribution < -0.4 is 0 Å². The van der Waals surface area contributed by atoms with E-state index in [1.54, 1.807) is 45.4 Å². The van der Waals surface area contributed by atoms with Gasteiger partial charge in [0.1, 0.15) is 12.2 Å². The second kappa shape index (κ2) is 5.39. The van der Waals surface area contributed by atoms with Crippen molar-refractivity contribution in [1.82, 2.24) is 0 Å². The number of carbonyl (C=O) groups is 1. The first-order chi connectivity index (χ1) is 7.47. The fourth-order valence-corrected chi connectivity index (χ4v) is 0.950. The smallest absolute Gasteiger partial charge is 0.472 e. The zero-order valence-electron chi connectivity index (χ0n) is 9.73. The van der Waals surface area contributed by atoms with Gasteiger partial charge < -0.3 is 13.9 Å². The summed E-state index contributed by atoms with van der Waals surface area (Å²) < 4.78 is 14.7. The largest absolute Gasteiger partial charge is 0.509 e. The van der Waals surface area contributed by atoms with Crippen LogP contribution in [0, 0.1) is 0 Å². The molecule has 0 aromatic carbocycles. The van der Waals surface area contributed by atoms with Crippen LogP contribution in [0.4, 0.5) is 4.79 Å². The summed E-state index contributed by atoms with van der Waals surface area (Å²) in [5.74, 6) is 0. The highest BCUT2D eigenvalue weighted by Crippen LogP contribution is 2.08. The molecule has 0 unspecified atom stereocenters. The summed E-state index contributed by atoms with van der Waals surface area (Å²) in [6.07, 6.45) is 6.03. The molecule has 0 aliphatic heterocycles. The molecule has 1 rings (SSSR count). The Labute approximate surface area is 94.8 Å². The summed E-state index contributed by atoms with van der Waals surface area (Å²) in [5.41, 5.74) is 0.401. The van der Waals surface area contributed by atoms with Crippen molar-refractivity contribution in [2.45, 2.75) is 26.4 Å². The minimum absolute atomic E-state index is 0.181. The summed E-state index contributed by atoms with van der Waals surface area (Å²) in [6.45, 7) is 5.54. The molecule has 0 radical (unpaired) electrons.